The molecule has 0 radical (unpaired) electrons. The number of hydrogen-bond acceptors (Lipinski definition) is 3. The van der Waals surface area contributed by atoms with Gasteiger partial charge in [-0.15, -0.1) is 0 Å². The van der Waals surface area contributed by atoms with Crippen molar-refractivity contribution in [1.29, 1.82) is 0 Å². The highest BCUT2D eigenvalue weighted by Gasteiger charge is 2.34. The van der Waals surface area contributed by atoms with E-state index in [4.69, 9.17) is 0 Å². The molecule has 1 aromatic rings. The summed E-state index contributed by atoms with van der Waals surface area (Å²) in [4.78, 5) is 25.7. The van der Waals surface area contributed by atoms with Gasteiger partial charge in [0.25, 0.3) is 5.91 Å². The summed E-state index contributed by atoms with van der Waals surface area (Å²) >= 11 is 0. The molecular formula is C16H23N3O2. The van der Waals surface area contributed by atoms with Crippen LogP contribution in [0.15, 0.2) is 24.3 Å². The van der Waals surface area contributed by atoms with E-state index in [0.29, 0.717) is 11.3 Å². The summed E-state index contributed by atoms with van der Waals surface area (Å²) in [6, 6.07) is 6.99. The minimum atomic E-state index is -0.504. The third-order valence-electron chi connectivity index (χ3n) is 3.92. The lowest BCUT2D eigenvalue weighted by Gasteiger charge is -2.33. The Morgan fingerprint density at radius 3 is 2.38 bits per heavy atom. The molecule has 1 unspecified atom stereocenters. The Hall–Kier alpha value is -1.88. The van der Waals surface area contributed by atoms with Crippen molar-refractivity contribution in [2.75, 3.05) is 26.0 Å². The van der Waals surface area contributed by atoms with E-state index in [1.165, 1.54) is 4.90 Å². The number of anilines is 1. The van der Waals surface area contributed by atoms with Crippen molar-refractivity contribution < 1.29 is 9.59 Å². The van der Waals surface area contributed by atoms with Crippen LogP contribution < -0.4 is 10.6 Å². The molecule has 1 aliphatic rings. The number of carbonyl (C=O) groups excluding carboxylic acids is 2. The van der Waals surface area contributed by atoms with E-state index >= 15 is 0 Å². The van der Waals surface area contributed by atoms with Crippen molar-refractivity contribution in [2.45, 2.75) is 31.7 Å². The molecule has 1 saturated heterocycles. The zero-order valence-corrected chi connectivity index (χ0v) is 12.9. The highest BCUT2D eigenvalue weighted by atomic mass is 16.2. The number of rotatable bonds is 3. The Labute approximate surface area is 125 Å². The van der Waals surface area contributed by atoms with Gasteiger partial charge in [-0.2, -0.15) is 0 Å². The maximum atomic E-state index is 12.4. The first-order valence-electron chi connectivity index (χ1n) is 7.30. The summed E-state index contributed by atoms with van der Waals surface area (Å²) < 4.78 is 0. The van der Waals surface area contributed by atoms with Gasteiger partial charge in [0.1, 0.15) is 0 Å². The van der Waals surface area contributed by atoms with Crippen molar-refractivity contribution in [3.05, 3.63) is 29.8 Å². The van der Waals surface area contributed by atoms with E-state index in [1.807, 2.05) is 6.92 Å². The second kappa shape index (κ2) is 6.26. The van der Waals surface area contributed by atoms with Crippen LogP contribution in [0, 0.1) is 0 Å². The van der Waals surface area contributed by atoms with E-state index in [2.05, 4.69) is 10.6 Å². The number of hydrogen-bond donors (Lipinski definition) is 2. The number of carbonyl (C=O) groups is 2. The largest absolute Gasteiger partial charge is 0.345 e. The standard InChI is InChI=1S/C16H23N3O2/c1-16(10-4-5-11-17-16)15(21)18-13-8-6-12(7-9-13)14(20)19(2)3/h6-9,17H,4-5,10-11H2,1-3H3,(H,18,21). The highest BCUT2D eigenvalue weighted by molar-refractivity contribution is 5.99. The van der Waals surface area contributed by atoms with Gasteiger partial charge < -0.3 is 15.5 Å². The number of benzene rings is 1. The fourth-order valence-electron chi connectivity index (χ4n) is 2.47. The smallest absolute Gasteiger partial charge is 0.253 e. The second-order valence-corrected chi connectivity index (χ2v) is 5.95. The van der Waals surface area contributed by atoms with E-state index < -0.39 is 5.54 Å². The van der Waals surface area contributed by atoms with Crippen LogP contribution in [0.3, 0.4) is 0 Å². The molecule has 0 aliphatic carbocycles. The Bertz CT molecular complexity index is 517. The number of amides is 2. The fourth-order valence-corrected chi connectivity index (χ4v) is 2.47. The molecule has 1 heterocycles. The van der Waals surface area contributed by atoms with Gasteiger partial charge in [0.15, 0.2) is 0 Å². The first-order valence-corrected chi connectivity index (χ1v) is 7.30. The topological polar surface area (TPSA) is 61.4 Å². The van der Waals surface area contributed by atoms with E-state index in [0.717, 1.165) is 25.8 Å². The molecule has 5 heteroatoms. The maximum absolute atomic E-state index is 12.4. The van der Waals surface area contributed by atoms with Gasteiger partial charge >= 0.3 is 0 Å². The quantitative estimate of drug-likeness (QED) is 0.893. The molecule has 1 aromatic carbocycles. The molecule has 1 fully saturated rings. The Kier molecular flexibility index (Phi) is 4.63. The van der Waals surface area contributed by atoms with Crippen LogP contribution in [0.1, 0.15) is 36.5 Å². The predicted molar refractivity (Wildman–Crippen MR) is 83.3 cm³/mol. The van der Waals surface area contributed by atoms with Crippen molar-refractivity contribution >= 4 is 17.5 Å². The van der Waals surface area contributed by atoms with Gasteiger partial charge in [0.2, 0.25) is 5.91 Å². The minimum Gasteiger partial charge on any atom is -0.345 e. The Morgan fingerprint density at radius 2 is 1.86 bits per heavy atom. The number of nitrogens with zero attached hydrogens (tertiary/aromatic N) is 1. The van der Waals surface area contributed by atoms with Gasteiger partial charge in [0.05, 0.1) is 5.54 Å². The first-order chi connectivity index (χ1) is 9.92. The zero-order valence-electron chi connectivity index (χ0n) is 12.9. The summed E-state index contributed by atoms with van der Waals surface area (Å²) in [5, 5.41) is 6.21. The van der Waals surface area contributed by atoms with Crippen molar-refractivity contribution in [2.24, 2.45) is 0 Å². The lowest BCUT2D eigenvalue weighted by Crippen LogP contribution is -2.54. The SMILES string of the molecule is CN(C)C(=O)c1ccc(NC(=O)C2(C)CCCCN2)cc1. The lowest BCUT2D eigenvalue weighted by molar-refractivity contribution is -0.122. The van der Waals surface area contributed by atoms with Crippen molar-refractivity contribution in [3.63, 3.8) is 0 Å². The van der Waals surface area contributed by atoms with E-state index in [1.54, 1.807) is 38.4 Å². The molecule has 1 aliphatic heterocycles. The second-order valence-electron chi connectivity index (χ2n) is 5.95. The van der Waals surface area contributed by atoms with Gasteiger partial charge in [-0.05, 0) is 57.0 Å². The molecule has 114 valence electrons. The molecule has 0 aromatic heterocycles. The Balaban J connectivity index is 2.03. The van der Waals surface area contributed by atoms with Crippen LogP contribution in [-0.2, 0) is 4.79 Å². The van der Waals surface area contributed by atoms with Crippen LogP contribution >= 0.6 is 0 Å². The lowest BCUT2D eigenvalue weighted by atomic mass is 9.90. The molecule has 5 nitrogen and oxygen atoms in total. The summed E-state index contributed by atoms with van der Waals surface area (Å²) in [5.74, 6) is -0.0670. The Morgan fingerprint density at radius 1 is 1.19 bits per heavy atom. The van der Waals surface area contributed by atoms with Crippen LogP contribution in [0.4, 0.5) is 5.69 Å². The molecule has 1 atom stereocenters. The van der Waals surface area contributed by atoms with Gasteiger partial charge in [0, 0.05) is 25.3 Å². The molecule has 0 saturated carbocycles. The predicted octanol–water partition coefficient (Wildman–Crippen LogP) is 1.86. The zero-order chi connectivity index (χ0) is 15.5. The molecule has 21 heavy (non-hydrogen) atoms. The third kappa shape index (κ3) is 3.61. The van der Waals surface area contributed by atoms with Crippen LogP contribution in [-0.4, -0.2) is 42.9 Å². The fraction of sp³-hybridized carbons (Fsp3) is 0.500. The van der Waals surface area contributed by atoms with E-state index in [-0.39, 0.29) is 11.8 Å². The summed E-state index contributed by atoms with van der Waals surface area (Å²) in [6.07, 6.45) is 3.02. The van der Waals surface area contributed by atoms with Crippen LogP contribution in [0.2, 0.25) is 0 Å². The first kappa shape index (κ1) is 15.5. The van der Waals surface area contributed by atoms with E-state index in [9.17, 15) is 9.59 Å². The normalized spacial score (nSPS) is 21.7. The van der Waals surface area contributed by atoms with Gasteiger partial charge in [-0.1, -0.05) is 0 Å². The van der Waals surface area contributed by atoms with Crippen molar-refractivity contribution in [3.8, 4) is 0 Å². The average molecular weight is 289 g/mol. The number of piperidine rings is 1. The monoisotopic (exact) mass is 289 g/mol. The van der Waals surface area contributed by atoms with Crippen molar-refractivity contribution in [1.82, 2.24) is 10.2 Å². The minimum absolute atomic E-state index is 0.0195. The molecule has 2 rings (SSSR count). The van der Waals surface area contributed by atoms with Crippen LogP contribution in [0.25, 0.3) is 0 Å². The molecule has 0 spiro atoms. The molecule has 2 N–H and O–H groups in total. The maximum Gasteiger partial charge on any atom is 0.253 e. The summed E-state index contributed by atoms with van der Waals surface area (Å²) in [6.45, 7) is 2.81. The van der Waals surface area contributed by atoms with Crippen LogP contribution in [0.5, 0.6) is 0 Å². The van der Waals surface area contributed by atoms with Gasteiger partial charge in [-0.25, -0.2) is 0 Å². The summed E-state index contributed by atoms with van der Waals surface area (Å²) in [5.41, 5.74) is 0.819. The molecule has 0 bridgehead atoms. The third-order valence-corrected chi connectivity index (χ3v) is 3.92. The summed E-state index contributed by atoms with van der Waals surface area (Å²) in [7, 11) is 3.43. The highest BCUT2D eigenvalue weighted by Crippen LogP contribution is 2.21. The molecule has 2 amide bonds. The average Bonchev–Trinajstić information content (AvgIpc) is 2.48. The molecular weight excluding hydrogens is 266 g/mol. The van der Waals surface area contributed by atoms with Gasteiger partial charge in [-0.3, -0.25) is 9.59 Å². The number of nitrogens with one attached hydrogen (secondary N) is 2.